The fourth-order valence-electron chi connectivity index (χ4n) is 0.805. The number of benzene rings is 1. The Bertz CT molecular complexity index is 243. The van der Waals surface area contributed by atoms with Gasteiger partial charge < -0.3 is 4.74 Å². The number of alkyl halides is 3. The lowest BCUT2D eigenvalue weighted by atomic mass is 10.2. The summed E-state index contributed by atoms with van der Waals surface area (Å²) in [6.07, 6.45) is -4.25. The summed E-state index contributed by atoms with van der Waals surface area (Å²) in [6, 6.07) is 9.40. The van der Waals surface area contributed by atoms with Gasteiger partial charge in [0.25, 0.3) is 0 Å². The first kappa shape index (κ1) is 10.1. The highest BCUT2D eigenvalue weighted by molar-refractivity contribution is 5.12. The van der Waals surface area contributed by atoms with Crippen LogP contribution >= 0.6 is 0 Å². The molecule has 0 aliphatic heterocycles. The lowest BCUT2D eigenvalue weighted by Gasteiger charge is -2.06. The molecule has 0 bridgehead atoms. The number of halogens is 3. The summed E-state index contributed by atoms with van der Waals surface area (Å²) in [5, 5.41) is 0. The van der Waals surface area contributed by atoms with Crippen LogP contribution in [0.5, 0.6) is 0 Å². The standard InChI is InChI=1S/C9H8F3O/c10-9(11,12)7-13-6-8-4-2-1-3-5-8/h1-2,4-5H,6-7H2. The van der Waals surface area contributed by atoms with Crippen molar-refractivity contribution >= 4 is 0 Å². The zero-order valence-electron chi connectivity index (χ0n) is 6.77. The molecule has 71 valence electrons. The zero-order valence-corrected chi connectivity index (χ0v) is 6.77. The second-order valence-electron chi connectivity index (χ2n) is 2.52. The predicted octanol–water partition coefficient (Wildman–Crippen LogP) is 2.57. The number of hydrogen-bond acceptors (Lipinski definition) is 1. The Morgan fingerprint density at radius 2 is 2.15 bits per heavy atom. The maximum Gasteiger partial charge on any atom is 0.411 e. The molecule has 4 heteroatoms. The Morgan fingerprint density at radius 1 is 1.38 bits per heavy atom. The quantitative estimate of drug-likeness (QED) is 0.710. The molecule has 0 unspecified atom stereocenters. The van der Waals surface area contributed by atoms with E-state index >= 15 is 0 Å². The molecule has 0 saturated heterocycles. The Balaban J connectivity index is 2.29. The van der Waals surface area contributed by atoms with Gasteiger partial charge in [-0.25, -0.2) is 0 Å². The molecule has 0 fully saturated rings. The molecular weight excluding hydrogens is 181 g/mol. The van der Waals surface area contributed by atoms with E-state index in [1.165, 1.54) is 0 Å². The Labute approximate surface area is 74.1 Å². The van der Waals surface area contributed by atoms with Gasteiger partial charge in [0.1, 0.15) is 6.61 Å². The van der Waals surface area contributed by atoms with Crippen LogP contribution in [0.1, 0.15) is 5.56 Å². The molecule has 0 aliphatic rings. The Morgan fingerprint density at radius 3 is 2.69 bits per heavy atom. The first-order valence-electron chi connectivity index (χ1n) is 3.67. The average Bonchev–Trinajstić information content (AvgIpc) is 2.04. The maximum absolute atomic E-state index is 11.6. The van der Waals surface area contributed by atoms with Gasteiger partial charge >= 0.3 is 6.18 Å². The van der Waals surface area contributed by atoms with E-state index in [-0.39, 0.29) is 6.61 Å². The molecule has 0 amide bonds. The first-order chi connectivity index (χ1) is 6.08. The second-order valence-corrected chi connectivity index (χ2v) is 2.52. The molecule has 0 heterocycles. The predicted molar refractivity (Wildman–Crippen MR) is 41.0 cm³/mol. The van der Waals surface area contributed by atoms with Crippen LogP contribution in [0.2, 0.25) is 0 Å². The van der Waals surface area contributed by atoms with Gasteiger partial charge in [-0.15, -0.1) is 0 Å². The minimum Gasteiger partial charge on any atom is -0.367 e. The van der Waals surface area contributed by atoms with E-state index in [9.17, 15) is 13.2 Å². The fourth-order valence-corrected chi connectivity index (χ4v) is 0.805. The van der Waals surface area contributed by atoms with Crippen molar-refractivity contribution in [1.29, 1.82) is 0 Å². The number of hydrogen-bond donors (Lipinski definition) is 0. The summed E-state index contributed by atoms with van der Waals surface area (Å²) >= 11 is 0. The zero-order chi connectivity index (χ0) is 9.73. The van der Waals surface area contributed by atoms with Crippen molar-refractivity contribution in [3.05, 3.63) is 35.9 Å². The summed E-state index contributed by atoms with van der Waals surface area (Å²) in [5.74, 6) is 0. The summed E-state index contributed by atoms with van der Waals surface area (Å²) in [4.78, 5) is 0. The molecule has 1 aromatic rings. The molecule has 0 saturated carbocycles. The molecule has 0 aliphatic carbocycles. The maximum atomic E-state index is 11.6. The first-order valence-corrected chi connectivity index (χ1v) is 3.67. The third-order valence-electron chi connectivity index (χ3n) is 1.31. The third kappa shape index (κ3) is 4.52. The SMILES string of the molecule is FC(F)(F)COCc1c[c]ccc1. The molecule has 1 nitrogen and oxygen atoms in total. The Hall–Kier alpha value is -1.03. The van der Waals surface area contributed by atoms with Crippen LogP contribution in [0.4, 0.5) is 13.2 Å². The van der Waals surface area contributed by atoms with Gasteiger partial charge in [0.15, 0.2) is 0 Å². The van der Waals surface area contributed by atoms with Gasteiger partial charge in [-0.1, -0.05) is 18.2 Å². The van der Waals surface area contributed by atoms with E-state index in [1.54, 1.807) is 24.3 Å². The normalized spacial score (nSPS) is 11.6. The van der Waals surface area contributed by atoms with Crippen molar-refractivity contribution in [2.24, 2.45) is 0 Å². The molecule has 13 heavy (non-hydrogen) atoms. The van der Waals surface area contributed by atoms with E-state index in [0.717, 1.165) is 0 Å². The minimum atomic E-state index is -4.25. The molecule has 0 atom stereocenters. The molecular formula is C9H8F3O. The summed E-state index contributed by atoms with van der Waals surface area (Å²) in [5.41, 5.74) is 0.687. The van der Waals surface area contributed by atoms with Crippen molar-refractivity contribution < 1.29 is 17.9 Å². The topological polar surface area (TPSA) is 9.23 Å². The van der Waals surface area contributed by atoms with Crippen molar-refractivity contribution in [3.8, 4) is 0 Å². The van der Waals surface area contributed by atoms with Gasteiger partial charge in [-0.2, -0.15) is 13.2 Å². The minimum absolute atomic E-state index is 0.0309. The van der Waals surface area contributed by atoms with E-state index < -0.39 is 12.8 Å². The van der Waals surface area contributed by atoms with Crippen LogP contribution in [-0.2, 0) is 11.3 Å². The van der Waals surface area contributed by atoms with Crippen molar-refractivity contribution in [2.75, 3.05) is 6.61 Å². The molecule has 0 N–H and O–H groups in total. The smallest absolute Gasteiger partial charge is 0.367 e. The van der Waals surface area contributed by atoms with Crippen LogP contribution in [0.15, 0.2) is 24.3 Å². The second kappa shape index (κ2) is 4.28. The van der Waals surface area contributed by atoms with Crippen LogP contribution in [0.25, 0.3) is 0 Å². The Kier molecular flexibility index (Phi) is 3.31. The summed E-state index contributed by atoms with van der Waals surface area (Å²) in [7, 11) is 0. The third-order valence-corrected chi connectivity index (χ3v) is 1.31. The lowest BCUT2D eigenvalue weighted by Crippen LogP contribution is -2.16. The highest BCUT2D eigenvalue weighted by Crippen LogP contribution is 2.15. The van der Waals surface area contributed by atoms with Crippen LogP contribution < -0.4 is 0 Å². The fraction of sp³-hybridized carbons (Fsp3) is 0.333. The molecule has 1 rings (SSSR count). The van der Waals surface area contributed by atoms with Gasteiger partial charge in [-0.05, 0) is 17.7 Å². The molecule has 1 aromatic carbocycles. The van der Waals surface area contributed by atoms with E-state index in [0.29, 0.717) is 5.56 Å². The van der Waals surface area contributed by atoms with Gasteiger partial charge in [0, 0.05) is 0 Å². The van der Waals surface area contributed by atoms with E-state index in [2.05, 4.69) is 10.8 Å². The van der Waals surface area contributed by atoms with Gasteiger partial charge in [0.05, 0.1) is 6.61 Å². The van der Waals surface area contributed by atoms with Crippen molar-refractivity contribution in [1.82, 2.24) is 0 Å². The monoisotopic (exact) mass is 189 g/mol. The average molecular weight is 189 g/mol. The van der Waals surface area contributed by atoms with Gasteiger partial charge in [-0.3, -0.25) is 0 Å². The van der Waals surface area contributed by atoms with E-state index in [1.807, 2.05) is 0 Å². The molecule has 0 aromatic heterocycles. The number of ether oxygens (including phenoxy) is 1. The molecule has 0 spiro atoms. The van der Waals surface area contributed by atoms with Crippen LogP contribution in [-0.4, -0.2) is 12.8 Å². The van der Waals surface area contributed by atoms with Gasteiger partial charge in [0.2, 0.25) is 0 Å². The number of rotatable bonds is 3. The van der Waals surface area contributed by atoms with E-state index in [4.69, 9.17) is 0 Å². The lowest BCUT2D eigenvalue weighted by molar-refractivity contribution is -0.176. The highest BCUT2D eigenvalue weighted by Gasteiger charge is 2.27. The molecule has 1 radical (unpaired) electrons. The summed E-state index contributed by atoms with van der Waals surface area (Å²) < 4.78 is 39.3. The largest absolute Gasteiger partial charge is 0.411 e. The van der Waals surface area contributed by atoms with Crippen molar-refractivity contribution in [3.63, 3.8) is 0 Å². The van der Waals surface area contributed by atoms with Crippen molar-refractivity contribution in [2.45, 2.75) is 12.8 Å². The van der Waals surface area contributed by atoms with Crippen LogP contribution in [0, 0.1) is 6.07 Å². The highest BCUT2D eigenvalue weighted by atomic mass is 19.4. The van der Waals surface area contributed by atoms with Crippen LogP contribution in [0.3, 0.4) is 0 Å². The summed E-state index contributed by atoms with van der Waals surface area (Å²) in [6.45, 7) is -1.24.